The predicted octanol–water partition coefficient (Wildman–Crippen LogP) is 2.48. The lowest BCUT2D eigenvalue weighted by Gasteiger charge is -2.32. The number of aromatic nitrogens is 2. The van der Waals surface area contributed by atoms with E-state index in [0.717, 1.165) is 23.1 Å². The van der Waals surface area contributed by atoms with E-state index in [2.05, 4.69) is 5.10 Å². The molecular weight excluding hydrogens is 354 g/mol. The lowest BCUT2D eigenvalue weighted by atomic mass is 9.88. The molecule has 0 aliphatic carbocycles. The molecule has 2 aromatic rings. The van der Waals surface area contributed by atoms with Crippen molar-refractivity contribution in [2.24, 2.45) is 13.0 Å². The SMILES string of the molecule is Cc1cc(Cl)ccc1C(=O)[C@@H]1CCCN(C(=O)c2ccc(=O)n(C)n2)C1. The minimum absolute atomic E-state index is 0.0325. The molecule has 1 aliphatic rings. The molecule has 1 aromatic carbocycles. The van der Waals surface area contributed by atoms with Crippen molar-refractivity contribution < 1.29 is 9.59 Å². The maximum atomic E-state index is 12.9. The van der Waals surface area contributed by atoms with Gasteiger partial charge in [0.25, 0.3) is 11.5 Å². The molecule has 3 rings (SSSR count). The molecule has 0 spiro atoms. The number of ketones is 1. The van der Waals surface area contributed by atoms with Crippen LogP contribution in [0.5, 0.6) is 0 Å². The van der Waals surface area contributed by atoms with E-state index in [-0.39, 0.29) is 28.9 Å². The third kappa shape index (κ3) is 3.70. The number of carbonyl (C=O) groups is 2. The molecule has 1 aliphatic heterocycles. The van der Waals surface area contributed by atoms with Gasteiger partial charge in [0.1, 0.15) is 5.69 Å². The molecular formula is C19H20ClN3O3. The normalized spacial score (nSPS) is 17.2. The largest absolute Gasteiger partial charge is 0.337 e. The summed E-state index contributed by atoms with van der Waals surface area (Å²) in [6.45, 7) is 2.79. The zero-order valence-corrected chi connectivity index (χ0v) is 15.5. The molecule has 1 saturated heterocycles. The van der Waals surface area contributed by atoms with E-state index < -0.39 is 0 Å². The summed E-state index contributed by atoms with van der Waals surface area (Å²) >= 11 is 5.97. The van der Waals surface area contributed by atoms with Gasteiger partial charge in [-0.3, -0.25) is 14.4 Å². The highest BCUT2D eigenvalue weighted by atomic mass is 35.5. The van der Waals surface area contributed by atoms with Crippen LogP contribution in [-0.4, -0.2) is 39.5 Å². The number of aryl methyl sites for hydroxylation is 2. The van der Waals surface area contributed by atoms with Crippen LogP contribution in [0.4, 0.5) is 0 Å². The van der Waals surface area contributed by atoms with E-state index in [1.807, 2.05) is 6.92 Å². The van der Waals surface area contributed by atoms with E-state index in [1.54, 1.807) is 23.1 Å². The van der Waals surface area contributed by atoms with Crippen LogP contribution in [0, 0.1) is 12.8 Å². The molecule has 136 valence electrons. The Morgan fingerprint density at radius 1 is 1.23 bits per heavy atom. The molecule has 0 radical (unpaired) electrons. The molecule has 1 aromatic heterocycles. The van der Waals surface area contributed by atoms with Crippen molar-refractivity contribution in [2.75, 3.05) is 13.1 Å². The number of benzene rings is 1. The van der Waals surface area contributed by atoms with E-state index in [1.165, 1.54) is 19.2 Å². The molecule has 0 N–H and O–H groups in total. The predicted molar refractivity (Wildman–Crippen MR) is 98.6 cm³/mol. The second kappa shape index (κ2) is 7.41. The van der Waals surface area contributed by atoms with Crippen LogP contribution in [0.15, 0.2) is 35.1 Å². The highest BCUT2D eigenvalue weighted by Crippen LogP contribution is 2.25. The smallest absolute Gasteiger partial charge is 0.274 e. The van der Waals surface area contributed by atoms with Gasteiger partial charge >= 0.3 is 0 Å². The van der Waals surface area contributed by atoms with Crippen molar-refractivity contribution in [3.05, 3.63) is 62.5 Å². The van der Waals surface area contributed by atoms with Gasteiger partial charge in [0.05, 0.1) is 0 Å². The molecule has 1 fully saturated rings. The van der Waals surface area contributed by atoms with Gasteiger partial charge in [0, 0.05) is 42.7 Å². The molecule has 26 heavy (non-hydrogen) atoms. The number of halogens is 1. The van der Waals surface area contributed by atoms with Crippen molar-refractivity contribution in [3.8, 4) is 0 Å². The van der Waals surface area contributed by atoms with E-state index in [4.69, 9.17) is 11.6 Å². The average Bonchev–Trinajstić information content (AvgIpc) is 2.63. The Labute approximate surface area is 156 Å². The molecule has 1 atom stereocenters. The Balaban J connectivity index is 1.78. The van der Waals surface area contributed by atoms with Gasteiger partial charge in [0.2, 0.25) is 0 Å². The number of rotatable bonds is 3. The summed E-state index contributed by atoms with van der Waals surface area (Å²) in [5.74, 6) is -0.476. The summed E-state index contributed by atoms with van der Waals surface area (Å²) in [5, 5.41) is 4.61. The quantitative estimate of drug-likeness (QED) is 0.775. The second-order valence-corrected chi connectivity index (χ2v) is 7.03. The lowest BCUT2D eigenvalue weighted by molar-refractivity contribution is 0.0630. The molecule has 6 nitrogen and oxygen atoms in total. The third-order valence-corrected chi connectivity index (χ3v) is 4.95. The Morgan fingerprint density at radius 3 is 2.69 bits per heavy atom. The first kappa shape index (κ1) is 18.3. The number of piperidine rings is 1. The Hall–Kier alpha value is -2.47. The molecule has 0 saturated carbocycles. The van der Waals surface area contributed by atoms with Gasteiger partial charge in [-0.2, -0.15) is 5.10 Å². The number of Topliss-reactive ketones (excluding diaryl/α,β-unsaturated/α-hetero) is 1. The van der Waals surface area contributed by atoms with Crippen LogP contribution < -0.4 is 5.56 Å². The van der Waals surface area contributed by atoms with Gasteiger partial charge in [-0.15, -0.1) is 0 Å². The Kier molecular flexibility index (Phi) is 5.23. The molecule has 0 bridgehead atoms. The minimum atomic E-state index is -0.272. The first-order chi connectivity index (χ1) is 12.4. The minimum Gasteiger partial charge on any atom is -0.337 e. The van der Waals surface area contributed by atoms with Crippen LogP contribution in [0.1, 0.15) is 39.3 Å². The molecule has 7 heteroatoms. The fourth-order valence-electron chi connectivity index (χ4n) is 3.28. The van der Waals surface area contributed by atoms with Crippen molar-refractivity contribution in [1.82, 2.24) is 14.7 Å². The Bertz CT molecular complexity index is 922. The van der Waals surface area contributed by atoms with Crippen molar-refractivity contribution in [1.29, 1.82) is 0 Å². The van der Waals surface area contributed by atoms with Crippen molar-refractivity contribution >= 4 is 23.3 Å². The number of hydrogen-bond donors (Lipinski definition) is 0. The topological polar surface area (TPSA) is 72.3 Å². The van der Waals surface area contributed by atoms with Crippen LogP contribution in [0.3, 0.4) is 0 Å². The van der Waals surface area contributed by atoms with Gasteiger partial charge < -0.3 is 4.90 Å². The monoisotopic (exact) mass is 373 g/mol. The maximum Gasteiger partial charge on any atom is 0.274 e. The van der Waals surface area contributed by atoms with Crippen LogP contribution in [0.2, 0.25) is 5.02 Å². The summed E-state index contributed by atoms with van der Waals surface area (Å²) in [5.41, 5.74) is 1.42. The van der Waals surface area contributed by atoms with Gasteiger partial charge in [-0.25, -0.2) is 4.68 Å². The number of nitrogens with zero attached hydrogens (tertiary/aromatic N) is 3. The summed E-state index contributed by atoms with van der Waals surface area (Å²) in [6.07, 6.45) is 1.49. The summed E-state index contributed by atoms with van der Waals surface area (Å²) < 4.78 is 1.14. The highest BCUT2D eigenvalue weighted by molar-refractivity contribution is 6.30. The molecule has 1 amide bonds. The Morgan fingerprint density at radius 2 is 2.00 bits per heavy atom. The fourth-order valence-corrected chi connectivity index (χ4v) is 3.50. The number of carbonyl (C=O) groups excluding carboxylic acids is 2. The third-order valence-electron chi connectivity index (χ3n) is 4.71. The van der Waals surface area contributed by atoms with Crippen molar-refractivity contribution in [3.63, 3.8) is 0 Å². The van der Waals surface area contributed by atoms with Crippen LogP contribution in [0.25, 0.3) is 0 Å². The van der Waals surface area contributed by atoms with Gasteiger partial charge in [0.15, 0.2) is 5.78 Å². The lowest BCUT2D eigenvalue weighted by Crippen LogP contribution is -2.43. The zero-order valence-electron chi connectivity index (χ0n) is 14.7. The van der Waals surface area contributed by atoms with E-state index in [0.29, 0.717) is 23.7 Å². The van der Waals surface area contributed by atoms with E-state index >= 15 is 0 Å². The second-order valence-electron chi connectivity index (χ2n) is 6.59. The highest BCUT2D eigenvalue weighted by Gasteiger charge is 2.30. The van der Waals surface area contributed by atoms with Crippen LogP contribution >= 0.6 is 11.6 Å². The summed E-state index contributed by atoms with van der Waals surface area (Å²) in [4.78, 5) is 38.7. The summed E-state index contributed by atoms with van der Waals surface area (Å²) in [7, 11) is 1.50. The van der Waals surface area contributed by atoms with Crippen molar-refractivity contribution in [2.45, 2.75) is 19.8 Å². The number of likely N-dealkylation sites (tertiary alicyclic amines) is 1. The van der Waals surface area contributed by atoms with Crippen LogP contribution in [-0.2, 0) is 7.05 Å². The zero-order chi connectivity index (χ0) is 18.8. The molecule has 0 unspecified atom stereocenters. The number of hydrogen-bond acceptors (Lipinski definition) is 4. The fraction of sp³-hybridized carbons (Fsp3) is 0.368. The van der Waals surface area contributed by atoms with Gasteiger partial charge in [-0.1, -0.05) is 11.6 Å². The summed E-state index contributed by atoms with van der Waals surface area (Å²) in [6, 6.07) is 7.98. The van der Waals surface area contributed by atoms with Gasteiger partial charge in [-0.05, 0) is 49.6 Å². The maximum absolute atomic E-state index is 12.9. The average molecular weight is 374 g/mol. The first-order valence-corrected chi connectivity index (χ1v) is 8.88. The molecule has 2 heterocycles. The van der Waals surface area contributed by atoms with E-state index in [9.17, 15) is 14.4 Å². The first-order valence-electron chi connectivity index (χ1n) is 8.51. The number of amides is 1. The standard InChI is InChI=1S/C19H20ClN3O3/c1-12-10-14(20)5-6-15(12)18(25)13-4-3-9-23(11-13)19(26)16-7-8-17(24)22(2)21-16/h5-8,10,13H,3-4,9,11H2,1-2H3/t13-/m1/s1.